The van der Waals surface area contributed by atoms with Crippen LogP contribution in [0.15, 0.2) is 12.1 Å². The molecule has 0 fully saturated rings. The van der Waals surface area contributed by atoms with Gasteiger partial charge in [0.25, 0.3) is 0 Å². The maximum absolute atomic E-state index is 5.71. The van der Waals surface area contributed by atoms with E-state index in [0.29, 0.717) is 5.56 Å². The Morgan fingerprint density at radius 1 is 0.556 bits per heavy atom. The summed E-state index contributed by atoms with van der Waals surface area (Å²) < 4.78 is 33.9. The van der Waals surface area contributed by atoms with Crippen molar-refractivity contribution in [2.45, 2.75) is 6.10 Å². The molecule has 1 aliphatic rings. The lowest BCUT2D eigenvalue weighted by atomic mass is 10.0. The summed E-state index contributed by atoms with van der Waals surface area (Å²) in [5.74, 6) is -0.680. The summed E-state index contributed by atoms with van der Waals surface area (Å²) in [7, 11) is 0. The first-order valence-electron chi connectivity index (χ1n) is 6.53. The molecule has 27 heavy (non-hydrogen) atoms. The van der Waals surface area contributed by atoms with Crippen LogP contribution in [-0.4, -0.2) is 0 Å². The summed E-state index contributed by atoms with van der Waals surface area (Å²) in [5, 5.41) is 0. The Balaban J connectivity index is 2.49. The monoisotopic (exact) mass is 516 g/mol. The maximum atomic E-state index is 5.71. The summed E-state index contributed by atoms with van der Waals surface area (Å²) in [6, 6.07) is 3.02. The van der Waals surface area contributed by atoms with Gasteiger partial charge in [0, 0.05) is 16.7 Å². The second-order valence-electron chi connectivity index (χ2n) is 4.89. The average Bonchev–Trinajstić information content (AvgIpc) is 3.04. The van der Waals surface area contributed by atoms with E-state index in [4.69, 9.17) is 113 Å². The van der Waals surface area contributed by atoms with E-state index in [2.05, 4.69) is 0 Å². The standard InChI is InChI=1S/C13H3Cl7O7/c14-21-4-2-1-3-5-7(9(23-16)6(3)8(4)22-15)11(25-18)13(27-20)12(26-19)10(5)24-17/h1-2,9H. The zero-order valence-corrected chi connectivity index (χ0v) is 17.5. The minimum Gasteiger partial charge on any atom is -0.382 e. The highest BCUT2D eigenvalue weighted by Gasteiger charge is 2.44. The summed E-state index contributed by atoms with van der Waals surface area (Å²) in [4.78, 5) is 0. The largest absolute Gasteiger partial charge is 0.382 e. The van der Waals surface area contributed by atoms with Gasteiger partial charge in [-0.1, -0.05) is 0 Å². The zero-order chi connectivity index (χ0) is 19.7. The minimum absolute atomic E-state index is 0.00579. The van der Waals surface area contributed by atoms with E-state index < -0.39 is 6.10 Å². The van der Waals surface area contributed by atoms with Crippen LogP contribution in [0.25, 0.3) is 11.1 Å². The van der Waals surface area contributed by atoms with Crippen LogP contribution in [0.2, 0.25) is 0 Å². The third-order valence-corrected chi connectivity index (χ3v) is 4.99. The molecule has 0 saturated carbocycles. The molecular formula is C13H3Cl7O7. The topological polar surface area (TPSA) is 64.6 Å². The van der Waals surface area contributed by atoms with Crippen molar-refractivity contribution in [3.8, 4) is 45.6 Å². The highest BCUT2D eigenvalue weighted by atomic mass is 35.5. The van der Waals surface area contributed by atoms with Crippen LogP contribution < -0.4 is 25.7 Å². The highest BCUT2D eigenvalue weighted by molar-refractivity contribution is 6.15. The lowest BCUT2D eigenvalue weighted by Gasteiger charge is -2.17. The molecule has 14 heteroatoms. The number of hydrogen-bond acceptors (Lipinski definition) is 7. The van der Waals surface area contributed by atoms with Gasteiger partial charge in [-0.05, 0) is 17.7 Å². The Morgan fingerprint density at radius 3 is 1.59 bits per heavy atom. The van der Waals surface area contributed by atoms with Crippen LogP contribution in [0.1, 0.15) is 17.2 Å². The molecule has 1 atom stereocenters. The van der Waals surface area contributed by atoms with E-state index in [0.717, 1.165) is 0 Å². The Morgan fingerprint density at radius 2 is 1.11 bits per heavy atom. The first-order valence-corrected chi connectivity index (χ1v) is 8.69. The highest BCUT2D eigenvalue weighted by Crippen LogP contribution is 2.64. The SMILES string of the molecule is ClOc1ccc2c(c1OCl)C(OCl)c1c(OCl)c(OCl)c(OCl)c(OCl)c1-2. The molecule has 7 nitrogen and oxygen atoms in total. The van der Waals surface area contributed by atoms with Gasteiger partial charge in [0.2, 0.25) is 23.0 Å². The van der Waals surface area contributed by atoms with Crippen LogP contribution in [0.5, 0.6) is 34.5 Å². The number of benzene rings is 2. The minimum atomic E-state index is -1.08. The molecular weight excluding hydrogens is 516 g/mol. The van der Waals surface area contributed by atoms with E-state index in [1.54, 1.807) is 6.07 Å². The Bertz CT molecular complexity index is 879. The van der Waals surface area contributed by atoms with Gasteiger partial charge in [0.05, 0.1) is 11.9 Å². The molecule has 0 aliphatic heterocycles. The molecule has 0 bridgehead atoms. The molecule has 0 saturated heterocycles. The van der Waals surface area contributed by atoms with Crippen molar-refractivity contribution < 1.29 is 30.0 Å². The molecule has 0 N–H and O–H groups in total. The molecule has 0 amide bonds. The molecule has 1 aliphatic carbocycles. The van der Waals surface area contributed by atoms with Crippen molar-refractivity contribution >= 4 is 83.1 Å². The van der Waals surface area contributed by atoms with Crippen molar-refractivity contribution in [2.75, 3.05) is 0 Å². The number of hydrogen-bond donors (Lipinski definition) is 0. The van der Waals surface area contributed by atoms with Gasteiger partial charge in [-0.15, -0.1) is 0 Å². The predicted molar refractivity (Wildman–Crippen MR) is 99.5 cm³/mol. The third-order valence-electron chi connectivity index (χ3n) is 3.87. The second-order valence-corrected chi connectivity index (χ2v) is 6.00. The second kappa shape index (κ2) is 8.71. The number of fused-ring (bicyclic) bond motifs is 3. The van der Waals surface area contributed by atoms with Crippen LogP contribution in [0.4, 0.5) is 0 Å². The van der Waals surface area contributed by atoms with Gasteiger partial charge < -0.3 is 25.7 Å². The van der Waals surface area contributed by atoms with Crippen molar-refractivity contribution in [3.05, 3.63) is 23.3 Å². The molecule has 0 aromatic heterocycles. The average molecular weight is 519 g/mol. The van der Waals surface area contributed by atoms with Crippen molar-refractivity contribution in [3.63, 3.8) is 0 Å². The smallest absolute Gasteiger partial charge is 0.239 e. The first kappa shape index (κ1) is 21.0. The van der Waals surface area contributed by atoms with Crippen LogP contribution in [-0.2, 0) is 4.29 Å². The molecule has 2 aromatic carbocycles. The Kier molecular flexibility index (Phi) is 6.76. The van der Waals surface area contributed by atoms with Crippen molar-refractivity contribution in [1.29, 1.82) is 0 Å². The van der Waals surface area contributed by atoms with Gasteiger partial charge in [-0.2, -0.15) is 0 Å². The quantitative estimate of drug-likeness (QED) is 0.386. The number of rotatable bonds is 7. The van der Waals surface area contributed by atoms with Gasteiger partial charge in [-0.25, -0.2) is 0 Å². The normalized spacial score (nSPS) is 14.3. The fraction of sp³-hybridized carbons (Fsp3) is 0.0769. The molecule has 146 valence electrons. The summed E-state index contributed by atoms with van der Waals surface area (Å²) >= 11 is 39.0. The lowest BCUT2D eigenvalue weighted by Crippen LogP contribution is -2.02. The van der Waals surface area contributed by atoms with E-state index in [1.807, 2.05) is 0 Å². The zero-order valence-electron chi connectivity index (χ0n) is 12.2. The van der Waals surface area contributed by atoms with Gasteiger partial charge in [-0.3, -0.25) is 4.29 Å². The summed E-state index contributed by atoms with van der Waals surface area (Å²) in [6.07, 6.45) is -1.08. The fourth-order valence-corrected chi connectivity index (χ4v) is 3.96. The lowest BCUT2D eigenvalue weighted by molar-refractivity contribution is 0.272. The van der Waals surface area contributed by atoms with E-state index in [9.17, 15) is 0 Å². The summed E-state index contributed by atoms with van der Waals surface area (Å²) in [6.45, 7) is 0. The predicted octanol–water partition coefficient (Wildman–Crippen LogP) is 7.12. The van der Waals surface area contributed by atoms with Gasteiger partial charge in [0.1, 0.15) is 77.3 Å². The molecule has 0 spiro atoms. The first-order chi connectivity index (χ1) is 13.1. The van der Waals surface area contributed by atoms with Crippen LogP contribution in [0.3, 0.4) is 0 Å². The molecule has 2 aromatic rings. The molecule has 3 rings (SSSR count). The Hall–Kier alpha value is -0.770. The number of halogens is 7. The van der Waals surface area contributed by atoms with Crippen LogP contribution in [0, 0.1) is 0 Å². The molecule has 0 heterocycles. The van der Waals surface area contributed by atoms with E-state index >= 15 is 0 Å². The van der Waals surface area contributed by atoms with Gasteiger partial charge in [0.15, 0.2) is 11.5 Å². The third kappa shape index (κ3) is 3.10. The van der Waals surface area contributed by atoms with Crippen molar-refractivity contribution in [1.82, 2.24) is 0 Å². The van der Waals surface area contributed by atoms with Crippen LogP contribution >= 0.6 is 83.1 Å². The summed E-state index contributed by atoms with van der Waals surface area (Å²) in [5.41, 5.74) is 1.17. The maximum Gasteiger partial charge on any atom is 0.239 e. The van der Waals surface area contributed by atoms with E-state index in [-0.39, 0.29) is 51.2 Å². The molecule has 1 unspecified atom stereocenters. The van der Waals surface area contributed by atoms with Gasteiger partial charge >= 0.3 is 0 Å². The van der Waals surface area contributed by atoms with E-state index in [1.165, 1.54) is 6.07 Å². The fourth-order valence-electron chi connectivity index (χ4n) is 2.92. The molecule has 0 radical (unpaired) electrons. The Labute approximate surface area is 187 Å². The van der Waals surface area contributed by atoms with Crippen molar-refractivity contribution in [2.24, 2.45) is 0 Å².